The molecule has 0 saturated carbocycles. The van der Waals surface area contributed by atoms with E-state index in [1.54, 1.807) is 11.3 Å². The predicted molar refractivity (Wildman–Crippen MR) is 72.4 cm³/mol. The van der Waals surface area contributed by atoms with Gasteiger partial charge in [0.2, 0.25) is 0 Å². The summed E-state index contributed by atoms with van der Waals surface area (Å²) >= 11 is 1.70. The molecule has 0 spiro atoms. The summed E-state index contributed by atoms with van der Waals surface area (Å²) in [5.41, 5.74) is 8.39. The van der Waals surface area contributed by atoms with Crippen LogP contribution in [-0.4, -0.2) is 16.5 Å². The number of aryl methyl sites for hydroxylation is 2. The summed E-state index contributed by atoms with van der Waals surface area (Å²) in [6, 6.07) is 3.77. The first-order chi connectivity index (χ1) is 8.15. The van der Waals surface area contributed by atoms with Crippen LogP contribution in [0.3, 0.4) is 0 Å². The van der Waals surface area contributed by atoms with E-state index in [-0.39, 0.29) is 0 Å². The van der Waals surface area contributed by atoms with Crippen LogP contribution in [-0.2, 0) is 6.42 Å². The van der Waals surface area contributed by atoms with Gasteiger partial charge in [-0.25, -0.2) is 9.97 Å². The highest BCUT2D eigenvalue weighted by molar-refractivity contribution is 7.09. The van der Waals surface area contributed by atoms with E-state index in [1.807, 2.05) is 26.0 Å². The highest BCUT2D eigenvalue weighted by atomic mass is 32.1. The van der Waals surface area contributed by atoms with Crippen molar-refractivity contribution >= 4 is 22.8 Å². The molecule has 4 nitrogen and oxygen atoms in total. The average Bonchev–Trinajstić information content (AvgIpc) is 2.70. The van der Waals surface area contributed by atoms with Crippen molar-refractivity contribution in [2.24, 2.45) is 0 Å². The Morgan fingerprint density at radius 3 is 2.76 bits per heavy atom. The maximum absolute atomic E-state index is 5.71. The molecule has 0 saturated heterocycles. The van der Waals surface area contributed by atoms with E-state index in [4.69, 9.17) is 5.73 Å². The smallest absolute Gasteiger partial charge is 0.126 e. The number of hydrogen-bond donors (Lipinski definition) is 2. The van der Waals surface area contributed by atoms with Gasteiger partial charge in [0.1, 0.15) is 5.82 Å². The fraction of sp³-hybridized carbons (Fsp3) is 0.333. The minimum Gasteiger partial charge on any atom is -0.397 e. The van der Waals surface area contributed by atoms with E-state index in [2.05, 4.69) is 20.7 Å². The summed E-state index contributed by atoms with van der Waals surface area (Å²) < 4.78 is 0. The number of aromatic nitrogens is 2. The van der Waals surface area contributed by atoms with Crippen LogP contribution in [0.1, 0.15) is 16.4 Å². The van der Waals surface area contributed by atoms with E-state index in [0.717, 1.165) is 40.9 Å². The molecule has 2 aromatic heterocycles. The normalized spacial score (nSPS) is 10.5. The lowest BCUT2D eigenvalue weighted by Gasteiger charge is -2.06. The van der Waals surface area contributed by atoms with Gasteiger partial charge in [0.05, 0.1) is 16.4 Å². The minimum absolute atomic E-state index is 0.728. The first-order valence-corrected chi connectivity index (χ1v) is 6.41. The molecule has 0 fully saturated rings. The van der Waals surface area contributed by atoms with Crippen LogP contribution in [0.4, 0.5) is 11.5 Å². The summed E-state index contributed by atoms with van der Waals surface area (Å²) in [6.07, 6.45) is 0.920. The summed E-state index contributed by atoms with van der Waals surface area (Å²) in [5, 5.41) is 6.50. The Morgan fingerprint density at radius 2 is 2.12 bits per heavy atom. The largest absolute Gasteiger partial charge is 0.397 e. The van der Waals surface area contributed by atoms with Crippen LogP contribution in [0.5, 0.6) is 0 Å². The Morgan fingerprint density at radius 1 is 1.29 bits per heavy atom. The summed E-state index contributed by atoms with van der Waals surface area (Å²) in [7, 11) is 0. The van der Waals surface area contributed by atoms with Crippen LogP contribution in [0, 0.1) is 13.8 Å². The molecule has 0 aromatic carbocycles. The first-order valence-electron chi connectivity index (χ1n) is 5.53. The van der Waals surface area contributed by atoms with Gasteiger partial charge in [0, 0.05) is 24.0 Å². The van der Waals surface area contributed by atoms with Gasteiger partial charge in [0.25, 0.3) is 0 Å². The zero-order valence-electron chi connectivity index (χ0n) is 10.0. The zero-order chi connectivity index (χ0) is 12.3. The molecule has 0 bridgehead atoms. The maximum Gasteiger partial charge on any atom is 0.126 e. The van der Waals surface area contributed by atoms with Gasteiger partial charge in [0.15, 0.2) is 0 Å². The fourth-order valence-corrected chi connectivity index (χ4v) is 2.26. The molecule has 0 amide bonds. The van der Waals surface area contributed by atoms with Crippen molar-refractivity contribution in [3.05, 3.63) is 33.9 Å². The van der Waals surface area contributed by atoms with Crippen LogP contribution in [0.2, 0.25) is 0 Å². The number of nitrogens with two attached hydrogens (primary N) is 1. The topological polar surface area (TPSA) is 63.8 Å². The Kier molecular flexibility index (Phi) is 3.58. The molecular formula is C12H16N4S. The third kappa shape index (κ3) is 3.17. The molecule has 5 heteroatoms. The van der Waals surface area contributed by atoms with Crippen molar-refractivity contribution in [3.8, 4) is 0 Å². The van der Waals surface area contributed by atoms with Gasteiger partial charge in [-0.2, -0.15) is 0 Å². The van der Waals surface area contributed by atoms with Crippen molar-refractivity contribution in [3.63, 3.8) is 0 Å². The number of anilines is 2. The second-order valence-corrected chi connectivity index (χ2v) is 4.87. The predicted octanol–water partition coefficient (Wildman–Crippen LogP) is 2.39. The van der Waals surface area contributed by atoms with Gasteiger partial charge in [-0.1, -0.05) is 0 Å². The first kappa shape index (κ1) is 11.9. The number of nitrogens with one attached hydrogen (secondary N) is 1. The Balaban J connectivity index is 1.87. The molecule has 90 valence electrons. The lowest BCUT2D eigenvalue weighted by atomic mass is 10.3. The zero-order valence-corrected chi connectivity index (χ0v) is 10.8. The molecule has 0 atom stereocenters. The molecule has 2 rings (SSSR count). The van der Waals surface area contributed by atoms with Gasteiger partial charge < -0.3 is 11.1 Å². The second-order valence-electron chi connectivity index (χ2n) is 3.93. The molecule has 2 aromatic rings. The van der Waals surface area contributed by atoms with Crippen LogP contribution < -0.4 is 11.1 Å². The highest BCUT2D eigenvalue weighted by Crippen LogP contribution is 2.13. The SMILES string of the molecule is Cc1csc(CCNc2ccc(N)c(C)n2)n1. The minimum atomic E-state index is 0.728. The molecule has 0 radical (unpaired) electrons. The number of thiazole rings is 1. The molecule has 0 aliphatic rings. The summed E-state index contributed by atoms with van der Waals surface area (Å²) in [4.78, 5) is 8.77. The average molecular weight is 248 g/mol. The van der Waals surface area contributed by atoms with E-state index in [9.17, 15) is 0 Å². The van der Waals surface area contributed by atoms with Crippen LogP contribution in [0.15, 0.2) is 17.5 Å². The van der Waals surface area contributed by atoms with Gasteiger partial charge in [-0.15, -0.1) is 11.3 Å². The number of nitrogens with zero attached hydrogens (tertiary/aromatic N) is 2. The molecule has 0 aliphatic heterocycles. The lowest BCUT2D eigenvalue weighted by Crippen LogP contribution is -2.07. The third-order valence-electron chi connectivity index (χ3n) is 2.44. The van der Waals surface area contributed by atoms with E-state index in [0.29, 0.717) is 0 Å². The number of hydrogen-bond acceptors (Lipinski definition) is 5. The van der Waals surface area contributed by atoms with E-state index < -0.39 is 0 Å². The van der Waals surface area contributed by atoms with Gasteiger partial charge in [-0.3, -0.25) is 0 Å². The maximum atomic E-state index is 5.71. The molecule has 17 heavy (non-hydrogen) atoms. The third-order valence-corrected chi connectivity index (χ3v) is 3.46. The number of pyridine rings is 1. The Bertz CT molecular complexity index is 507. The molecular weight excluding hydrogens is 232 g/mol. The summed E-state index contributed by atoms with van der Waals surface area (Å²) in [6.45, 7) is 4.76. The fourth-order valence-electron chi connectivity index (χ4n) is 1.49. The Hall–Kier alpha value is -1.62. The summed E-state index contributed by atoms with van der Waals surface area (Å²) in [5.74, 6) is 0.866. The van der Waals surface area contributed by atoms with Gasteiger partial charge in [-0.05, 0) is 26.0 Å². The lowest BCUT2D eigenvalue weighted by molar-refractivity contribution is 0.975. The van der Waals surface area contributed by atoms with E-state index >= 15 is 0 Å². The number of rotatable bonds is 4. The number of nitrogen functional groups attached to an aromatic ring is 1. The second kappa shape index (κ2) is 5.14. The van der Waals surface area contributed by atoms with Crippen molar-refractivity contribution in [2.75, 3.05) is 17.6 Å². The van der Waals surface area contributed by atoms with Crippen molar-refractivity contribution in [1.29, 1.82) is 0 Å². The van der Waals surface area contributed by atoms with Crippen molar-refractivity contribution in [2.45, 2.75) is 20.3 Å². The van der Waals surface area contributed by atoms with E-state index in [1.165, 1.54) is 0 Å². The highest BCUT2D eigenvalue weighted by Gasteiger charge is 2.00. The van der Waals surface area contributed by atoms with Crippen molar-refractivity contribution in [1.82, 2.24) is 9.97 Å². The van der Waals surface area contributed by atoms with Crippen LogP contribution >= 0.6 is 11.3 Å². The molecule has 0 unspecified atom stereocenters. The van der Waals surface area contributed by atoms with Gasteiger partial charge >= 0.3 is 0 Å². The monoisotopic (exact) mass is 248 g/mol. The quantitative estimate of drug-likeness (QED) is 0.872. The molecule has 0 aliphatic carbocycles. The Labute approximate surface area is 105 Å². The molecule has 3 N–H and O–H groups in total. The van der Waals surface area contributed by atoms with Crippen LogP contribution in [0.25, 0.3) is 0 Å². The molecule has 2 heterocycles. The van der Waals surface area contributed by atoms with Crippen molar-refractivity contribution < 1.29 is 0 Å². The standard InChI is InChI=1S/C12H16N4S/c1-8-7-17-12(15-8)5-6-14-11-4-3-10(13)9(2)16-11/h3-4,7H,5-6,13H2,1-2H3,(H,14,16).